The van der Waals surface area contributed by atoms with Crippen molar-refractivity contribution < 1.29 is 19.3 Å². The molecule has 3 unspecified atom stereocenters. The summed E-state index contributed by atoms with van der Waals surface area (Å²) in [7, 11) is 1.00. The van der Waals surface area contributed by atoms with Crippen LogP contribution in [0.4, 0.5) is 0 Å². The third-order valence-corrected chi connectivity index (χ3v) is 2.94. The van der Waals surface area contributed by atoms with E-state index in [1.807, 2.05) is 0 Å². The van der Waals surface area contributed by atoms with Gasteiger partial charge < -0.3 is 19.3 Å². The smallest absolute Gasteiger partial charge is 0.158 e. The summed E-state index contributed by atoms with van der Waals surface area (Å²) in [5, 5.41) is 7.00. The van der Waals surface area contributed by atoms with E-state index in [1.54, 1.807) is 0 Å². The van der Waals surface area contributed by atoms with Gasteiger partial charge in [0.15, 0.2) is 6.29 Å². The number of ether oxygens (including phenoxy) is 3. The average Bonchev–Trinajstić information content (AvgIpc) is 2.36. The quantitative estimate of drug-likeness (QED) is 0.787. The van der Waals surface area contributed by atoms with E-state index >= 15 is 0 Å². The Morgan fingerprint density at radius 1 is 1.06 bits per heavy atom. The number of hydrogen-bond donors (Lipinski definition) is 1. The first-order valence-electron chi connectivity index (χ1n) is 6.18. The van der Waals surface area contributed by atoms with Crippen LogP contribution in [0.3, 0.4) is 0 Å². The van der Waals surface area contributed by atoms with Crippen molar-refractivity contribution >= 4 is 0 Å². The third-order valence-electron chi connectivity index (χ3n) is 2.94. The fourth-order valence-corrected chi connectivity index (χ4v) is 2.00. The van der Waals surface area contributed by atoms with Gasteiger partial charge in [-0.3, -0.25) is 0 Å². The zero-order valence-electron chi connectivity index (χ0n) is 10.4. The molecular weight excluding hydrogens is 208 g/mol. The topological polar surface area (TPSA) is 47.9 Å². The summed E-state index contributed by atoms with van der Waals surface area (Å²) in [4.78, 5) is 0. The highest BCUT2D eigenvalue weighted by Crippen LogP contribution is 2.21. The van der Waals surface area contributed by atoms with Crippen molar-refractivity contribution in [3.05, 3.63) is 0 Å². The van der Waals surface area contributed by atoms with Gasteiger partial charge in [-0.15, -0.1) is 0 Å². The van der Waals surface area contributed by atoms with Crippen LogP contribution in [0.25, 0.3) is 0 Å². The van der Waals surface area contributed by atoms with E-state index in [2.05, 4.69) is 6.92 Å². The van der Waals surface area contributed by atoms with Crippen molar-refractivity contribution in [1.29, 1.82) is 0 Å². The van der Waals surface area contributed by atoms with Gasteiger partial charge >= 0.3 is 0 Å². The summed E-state index contributed by atoms with van der Waals surface area (Å²) in [6.07, 6.45) is 6.37. The lowest BCUT2D eigenvalue weighted by Crippen LogP contribution is -2.35. The van der Waals surface area contributed by atoms with Crippen LogP contribution in [0, 0.1) is 0 Å². The van der Waals surface area contributed by atoms with Crippen molar-refractivity contribution in [2.45, 2.75) is 57.5 Å². The molecule has 1 N–H and O–H groups in total. The van der Waals surface area contributed by atoms with E-state index in [1.165, 1.54) is 12.8 Å². The standard InChI is InChI=1S/C11H20O3.CH4O/c1-9-5-6-10(8-13-9)14-11-4-2-3-7-12-11;1-2/h9-11H,2-8H2,1H3;2H,1H3. The molecule has 3 atom stereocenters. The lowest BCUT2D eigenvalue weighted by Gasteiger charge is -2.31. The van der Waals surface area contributed by atoms with E-state index in [9.17, 15) is 0 Å². The number of hydrogen-bond acceptors (Lipinski definition) is 4. The van der Waals surface area contributed by atoms with Crippen LogP contribution in [0.2, 0.25) is 0 Å². The normalized spacial score (nSPS) is 35.1. The molecule has 96 valence electrons. The molecule has 0 aliphatic carbocycles. The van der Waals surface area contributed by atoms with Gasteiger partial charge in [-0.1, -0.05) is 0 Å². The molecule has 0 bridgehead atoms. The van der Waals surface area contributed by atoms with Gasteiger partial charge in [-0.2, -0.15) is 0 Å². The Morgan fingerprint density at radius 3 is 2.44 bits per heavy atom. The van der Waals surface area contributed by atoms with Crippen LogP contribution in [0.15, 0.2) is 0 Å². The average molecular weight is 232 g/mol. The summed E-state index contributed by atoms with van der Waals surface area (Å²) in [6.45, 7) is 3.71. The zero-order valence-corrected chi connectivity index (χ0v) is 10.4. The van der Waals surface area contributed by atoms with Crippen LogP contribution in [-0.2, 0) is 14.2 Å². The van der Waals surface area contributed by atoms with Gasteiger partial charge in [0, 0.05) is 13.7 Å². The fraction of sp³-hybridized carbons (Fsp3) is 1.00. The minimum absolute atomic E-state index is 0.0331. The zero-order chi connectivity index (χ0) is 11.8. The second-order valence-corrected chi connectivity index (χ2v) is 4.28. The van der Waals surface area contributed by atoms with Gasteiger partial charge in [-0.25, -0.2) is 0 Å². The molecule has 2 fully saturated rings. The summed E-state index contributed by atoms with van der Waals surface area (Å²) in [6, 6.07) is 0. The summed E-state index contributed by atoms with van der Waals surface area (Å²) < 4.78 is 16.9. The predicted octanol–water partition coefficient (Wildman–Crippen LogP) is 1.71. The van der Waals surface area contributed by atoms with Gasteiger partial charge in [0.25, 0.3) is 0 Å². The van der Waals surface area contributed by atoms with Crippen LogP contribution < -0.4 is 0 Å². The number of aliphatic hydroxyl groups is 1. The van der Waals surface area contributed by atoms with E-state index in [-0.39, 0.29) is 12.4 Å². The van der Waals surface area contributed by atoms with Gasteiger partial charge in [0.05, 0.1) is 18.8 Å². The second-order valence-electron chi connectivity index (χ2n) is 4.28. The summed E-state index contributed by atoms with van der Waals surface area (Å²) >= 11 is 0. The molecule has 0 aromatic carbocycles. The monoisotopic (exact) mass is 232 g/mol. The van der Waals surface area contributed by atoms with Crippen molar-refractivity contribution in [1.82, 2.24) is 0 Å². The highest BCUT2D eigenvalue weighted by molar-refractivity contribution is 4.68. The Kier molecular flexibility index (Phi) is 6.96. The molecule has 0 amide bonds. The maximum Gasteiger partial charge on any atom is 0.158 e. The van der Waals surface area contributed by atoms with Crippen LogP contribution in [-0.4, -0.2) is 43.9 Å². The van der Waals surface area contributed by atoms with E-state index in [0.717, 1.165) is 39.6 Å². The van der Waals surface area contributed by atoms with Crippen molar-refractivity contribution in [2.24, 2.45) is 0 Å². The Hall–Kier alpha value is -0.160. The molecule has 16 heavy (non-hydrogen) atoms. The van der Waals surface area contributed by atoms with Crippen LogP contribution in [0.1, 0.15) is 39.0 Å². The number of aliphatic hydroxyl groups excluding tert-OH is 1. The predicted molar refractivity (Wildman–Crippen MR) is 61.3 cm³/mol. The van der Waals surface area contributed by atoms with E-state index < -0.39 is 0 Å². The van der Waals surface area contributed by atoms with Gasteiger partial charge in [0.1, 0.15) is 0 Å². The molecule has 2 saturated heterocycles. The first-order chi connectivity index (χ1) is 7.84. The lowest BCUT2D eigenvalue weighted by molar-refractivity contribution is -0.211. The maximum atomic E-state index is 7.00. The Labute approximate surface area is 97.9 Å². The van der Waals surface area contributed by atoms with E-state index in [0.29, 0.717) is 6.10 Å². The molecule has 0 radical (unpaired) electrons. The molecule has 0 spiro atoms. The van der Waals surface area contributed by atoms with Crippen molar-refractivity contribution in [3.8, 4) is 0 Å². The SMILES string of the molecule is CC1CCC(OC2CCCCO2)CO1.CO. The second kappa shape index (κ2) is 8.01. The maximum absolute atomic E-state index is 7.00. The Morgan fingerprint density at radius 2 is 1.88 bits per heavy atom. The van der Waals surface area contributed by atoms with E-state index in [4.69, 9.17) is 19.3 Å². The highest BCUT2D eigenvalue weighted by atomic mass is 16.7. The molecule has 2 heterocycles. The van der Waals surface area contributed by atoms with Crippen LogP contribution >= 0.6 is 0 Å². The molecule has 2 aliphatic rings. The Bertz CT molecular complexity index is 160. The minimum atomic E-state index is 0.0331. The molecule has 2 aliphatic heterocycles. The first-order valence-corrected chi connectivity index (χ1v) is 6.18. The highest BCUT2D eigenvalue weighted by Gasteiger charge is 2.23. The van der Waals surface area contributed by atoms with Crippen molar-refractivity contribution in [2.75, 3.05) is 20.3 Å². The van der Waals surface area contributed by atoms with Gasteiger partial charge in [0.2, 0.25) is 0 Å². The largest absolute Gasteiger partial charge is 0.400 e. The van der Waals surface area contributed by atoms with Gasteiger partial charge in [-0.05, 0) is 39.0 Å². The fourth-order valence-electron chi connectivity index (χ4n) is 2.00. The molecule has 2 rings (SSSR count). The lowest BCUT2D eigenvalue weighted by atomic mass is 10.1. The molecule has 0 saturated carbocycles. The van der Waals surface area contributed by atoms with Crippen LogP contribution in [0.5, 0.6) is 0 Å². The molecular formula is C12H24O4. The molecule has 0 aromatic heterocycles. The molecule has 4 nitrogen and oxygen atoms in total. The Balaban J connectivity index is 0.000000606. The summed E-state index contributed by atoms with van der Waals surface area (Å²) in [5.41, 5.74) is 0. The first kappa shape index (κ1) is 13.9. The summed E-state index contributed by atoms with van der Waals surface area (Å²) in [5.74, 6) is 0. The molecule has 4 heteroatoms. The van der Waals surface area contributed by atoms with Crippen molar-refractivity contribution in [3.63, 3.8) is 0 Å². The third kappa shape index (κ3) is 4.78. The number of rotatable bonds is 2. The molecule has 0 aromatic rings. The minimum Gasteiger partial charge on any atom is -0.400 e.